The Bertz CT molecular complexity index is 1180. The summed E-state index contributed by atoms with van der Waals surface area (Å²) in [5.74, 6) is 0.590. The van der Waals surface area contributed by atoms with Crippen LogP contribution >= 0.6 is 11.6 Å². The van der Waals surface area contributed by atoms with Crippen LogP contribution in [0.3, 0.4) is 0 Å². The maximum Gasteiger partial charge on any atom is 0.227 e. The molecule has 1 amide bonds. The van der Waals surface area contributed by atoms with E-state index >= 15 is 0 Å². The fourth-order valence-corrected chi connectivity index (χ4v) is 5.34. The predicted octanol–water partition coefficient (Wildman–Crippen LogP) is 4.71. The molecule has 2 heterocycles. The quantitative estimate of drug-likeness (QED) is 0.523. The summed E-state index contributed by atoms with van der Waals surface area (Å²) >= 11 is 5.87. The molecule has 172 valence electrons. The number of nitrogens with one attached hydrogen (secondary N) is 1. The fourth-order valence-electron chi connectivity index (χ4n) is 3.65. The highest BCUT2D eigenvalue weighted by atomic mass is 35.5. The van der Waals surface area contributed by atoms with Gasteiger partial charge in [-0.3, -0.25) is 4.79 Å². The van der Waals surface area contributed by atoms with Gasteiger partial charge in [-0.2, -0.15) is 0 Å². The third kappa shape index (κ3) is 6.31. The van der Waals surface area contributed by atoms with Crippen molar-refractivity contribution in [3.63, 3.8) is 0 Å². The highest BCUT2D eigenvalue weighted by molar-refractivity contribution is 7.88. The minimum absolute atomic E-state index is 0.0270. The smallest absolute Gasteiger partial charge is 0.227 e. The Kier molecular flexibility index (Phi) is 7.27. The molecular weight excluding hydrogens is 462 g/mol. The van der Waals surface area contributed by atoms with E-state index in [1.807, 2.05) is 18.2 Å². The van der Waals surface area contributed by atoms with Crippen molar-refractivity contribution >= 4 is 33.2 Å². The molecule has 0 atom stereocenters. The van der Waals surface area contributed by atoms with Crippen molar-refractivity contribution in [2.45, 2.75) is 18.6 Å². The topological polar surface area (TPSA) is 88.6 Å². The highest BCUT2D eigenvalue weighted by Gasteiger charge is 2.31. The molecule has 9 heteroatoms. The molecular formula is C24H24ClN3O4S. The summed E-state index contributed by atoms with van der Waals surface area (Å²) in [5.41, 5.74) is 1.32. The van der Waals surface area contributed by atoms with Crippen molar-refractivity contribution in [2.75, 3.05) is 18.4 Å². The highest BCUT2D eigenvalue weighted by Crippen LogP contribution is 2.25. The number of carbonyl (C=O) groups excluding carboxylic acids is 1. The van der Waals surface area contributed by atoms with Gasteiger partial charge in [-0.05, 0) is 48.7 Å². The molecule has 1 saturated heterocycles. The minimum atomic E-state index is -3.41. The number of carbonyl (C=O) groups is 1. The van der Waals surface area contributed by atoms with E-state index in [0.717, 1.165) is 5.56 Å². The minimum Gasteiger partial charge on any atom is -0.439 e. The van der Waals surface area contributed by atoms with Gasteiger partial charge in [-0.25, -0.2) is 17.7 Å². The van der Waals surface area contributed by atoms with E-state index in [0.29, 0.717) is 48.3 Å². The number of hydrogen-bond acceptors (Lipinski definition) is 5. The fraction of sp³-hybridized carbons (Fsp3) is 0.250. The Hall–Kier alpha value is -2.94. The van der Waals surface area contributed by atoms with E-state index in [1.165, 1.54) is 10.5 Å². The summed E-state index contributed by atoms with van der Waals surface area (Å²) < 4.78 is 32.5. The molecule has 33 heavy (non-hydrogen) atoms. The lowest BCUT2D eigenvalue weighted by Crippen LogP contribution is -2.41. The van der Waals surface area contributed by atoms with Crippen LogP contribution in [0, 0.1) is 5.92 Å². The summed E-state index contributed by atoms with van der Waals surface area (Å²) in [6.45, 7) is 0.665. The summed E-state index contributed by atoms with van der Waals surface area (Å²) in [4.78, 5) is 16.9. The van der Waals surface area contributed by atoms with Crippen LogP contribution in [0.2, 0.25) is 5.02 Å². The molecule has 0 radical (unpaired) electrons. The van der Waals surface area contributed by atoms with E-state index in [2.05, 4.69) is 10.3 Å². The Morgan fingerprint density at radius 1 is 1.03 bits per heavy atom. The molecule has 0 unspecified atom stereocenters. The summed E-state index contributed by atoms with van der Waals surface area (Å²) in [7, 11) is -3.41. The molecule has 0 spiro atoms. The van der Waals surface area contributed by atoms with Crippen molar-refractivity contribution in [3.05, 3.63) is 83.5 Å². The van der Waals surface area contributed by atoms with Gasteiger partial charge in [0.25, 0.3) is 0 Å². The molecule has 1 fully saturated rings. The number of benzene rings is 2. The van der Waals surface area contributed by atoms with Crippen LogP contribution < -0.4 is 10.1 Å². The summed E-state index contributed by atoms with van der Waals surface area (Å²) in [6, 6.07) is 19.4. The average molecular weight is 486 g/mol. The molecule has 3 aromatic rings. The van der Waals surface area contributed by atoms with Gasteiger partial charge in [0.15, 0.2) is 0 Å². The maximum atomic E-state index is 12.7. The first-order valence-electron chi connectivity index (χ1n) is 10.6. The number of sulfonamides is 1. The molecule has 1 N–H and O–H groups in total. The van der Waals surface area contributed by atoms with Gasteiger partial charge in [0.2, 0.25) is 21.8 Å². The van der Waals surface area contributed by atoms with Gasteiger partial charge in [0, 0.05) is 30.1 Å². The first kappa shape index (κ1) is 23.2. The third-order valence-corrected chi connectivity index (χ3v) is 7.55. The van der Waals surface area contributed by atoms with Crippen LogP contribution in [0.25, 0.3) is 0 Å². The number of rotatable bonds is 7. The second kappa shape index (κ2) is 10.3. The van der Waals surface area contributed by atoms with Gasteiger partial charge < -0.3 is 10.1 Å². The standard InChI is InChI=1S/C24H24ClN3O4S/c25-20-6-9-22(10-7-20)32-23-11-8-21(16-26-23)27-24(29)19-12-14-28(15-13-19)33(30,31)17-18-4-2-1-3-5-18/h1-11,16,19H,12-15,17H2,(H,27,29). The monoisotopic (exact) mass is 485 g/mol. The van der Waals surface area contributed by atoms with E-state index in [1.54, 1.807) is 48.5 Å². The number of nitrogens with zero attached hydrogens (tertiary/aromatic N) is 2. The third-order valence-electron chi connectivity index (χ3n) is 5.45. The molecule has 7 nitrogen and oxygen atoms in total. The van der Waals surface area contributed by atoms with Crippen molar-refractivity contribution in [3.8, 4) is 11.6 Å². The average Bonchev–Trinajstić information content (AvgIpc) is 2.82. The zero-order chi connectivity index (χ0) is 23.3. The molecule has 0 bridgehead atoms. The van der Waals surface area contributed by atoms with E-state index in [4.69, 9.17) is 16.3 Å². The van der Waals surface area contributed by atoms with Gasteiger partial charge in [-0.15, -0.1) is 0 Å². The second-order valence-electron chi connectivity index (χ2n) is 7.85. The van der Waals surface area contributed by atoms with Gasteiger partial charge in [0.05, 0.1) is 17.6 Å². The molecule has 1 aliphatic rings. The SMILES string of the molecule is O=C(Nc1ccc(Oc2ccc(Cl)cc2)nc1)C1CCN(S(=O)(=O)Cc2ccccc2)CC1. The normalized spacial score (nSPS) is 15.2. The van der Waals surface area contributed by atoms with Crippen LogP contribution in [0.1, 0.15) is 18.4 Å². The van der Waals surface area contributed by atoms with E-state index in [-0.39, 0.29) is 17.6 Å². The number of anilines is 1. The number of aromatic nitrogens is 1. The number of ether oxygens (including phenoxy) is 1. The van der Waals surface area contributed by atoms with Gasteiger partial charge in [-0.1, -0.05) is 41.9 Å². The van der Waals surface area contributed by atoms with Gasteiger partial charge >= 0.3 is 0 Å². The van der Waals surface area contributed by atoms with E-state index in [9.17, 15) is 13.2 Å². The van der Waals surface area contributed by atoms with Crippen molar-refractivity contribution in [2.24, 2.45) is 5.92 Å². The van der Waals surface area contributed by atoms with Crippen LogP contribution in [0.4, 0.5) is 5.69 Å². The first-order valence-corrected chi connectivity index (χ1v) is 12.6. The lowest BCUT2D eigenvalue weighted by molar-refractivity contribution is -0.120. The van der Waals surface area contributed by atoms with Crippen LogP contribution in [-0.2, 0) is 20.6 Å². The second-order valence-corrected chi connectivity index (χ2v) is 10.3. The van der Waals surface area contributed by atoms with Crippen LogP contribution in [-0.4, -0.2) is 36.7 Å². The Labute approximate surface area is 198 Å². The maximum absolute atomic E-state index is 12.7. The van der Waals surface area contributed by atoms with Crippen LogP contribution in [0.5, 0.6) is 11.6 Å². The Morgan fingerprint density at radius 2 is 1.73 bits per heavy atom. The first-order chi connectivity index (χ1) is 15.9. The zero-order valence-electron chi connectivity index (χ0n) is 17.9. The lowest BCUT2D eigenvalue weighted by Gasteiger charge is -2.30. The number of amides is 1. The molecule has 0 aliphatic carbocycles. The molecule has 4 rings (SSSR count). The van der Waals surface area contributed by atoms with Gasteiger partial charge in [0.1, 0.15) is 5.75 Å². The summed E-state index contributed by atoms with van der Waals surface area (Å²) in [6.07, 6.45) is 2.48. The lowest BCUT2D eigenvalue weighted by atomic mass is 9.97. The molecule has 0 saturated carbocycles. The van der Waals surface area contributed by atoms with Crippen molar-refractivity contribution < 1.29 is 17.9 Å². The molecule has 2 aromatic carbocycles. The number of halogens is 1. The molecule has 1 aliphatic heterocycles. The van der Waals surface area contributed by atoms with E-state index < -0.39 is 10.0 Å². The largest absolute Gasteiger partial charge is 0.439 e. The zero-order valence-corrected chi connectivity index (χ0v) is 19.4. The van der Waals surface area contributed by atoms with Crippen LogP contribution in [0.15, 0.2) is 72.9 Å². The molecule has 1 aromatic heterocycles. The number of pyridine rings is 1. The number of hydrogen-bond donors (Lipinski definition) is 1. The number of piperidine rings is 1. The Morgan fingerprint density at radius 3 is 2.36 bits per heavy atom. The van der Waals surface area contributed by atoms with Crippen molar-refractivity contribution in [1.82, 2.24) is 9.29 Å². The van der Waals surface area contributed by atoms with Crippen molar-refractivity contribution in [1.29, 1.82) is 0 Å². The summed E-state index contributed by atoms with van der Waals surface area (Å²) in [5, 5.41) is 3.48. The Balaban J connectivity index is 1.28. The predicted molar refractivity (Wildman–Crippen MR) is 128 cm³/mol.